The summed E-state index contributed by atoms with van der Waals surface area (Å²) in [5.41, 5.74) is 18.9. The molecule has 1 heterocycles. The number of fused-ring (bicyclic) bond motifs is 3. The number of nitrogens with zero attached hydrogens (tertiary/aromatic N) is 2. The van der Waals surface area contributed by atoms with E-state index in [4.69, 9.17) is 0 Å². The highest BCUT2D eigenvalue weighted by molar-refractivity contribution is 6.16. The fourth-order valence-electron chi connectivity index (χ4n) is 9.03. The Labute approximate surface area is 362 Å². The summed E-state index contributed by atoms with van der Waals surface area (Å²) in [4.78, 5) is 2.35. The Hall–Kier alpha value is -8.20. The molecular weight excluding hydrogens is 749 g/mol. The summed E-state index contributed by atoms with van der Waals surface area (Å²) in [6, 6.07) is 91.9. The van der Waals surface area contributed by atoms with E-state index in [1.807, 2.05) is 0 Å². The van der Waals surface area contributed by atoms with E-state index in [1.54, 1.807) is 0 Å². The lowest BCUT2D eigenvalue weighted by Gasteiger charge is -2.26. The van der Waals surface area contributed by atoms with E-state index in [2.05, 4.69) is 264 Å². The van der Waals surface area contributed by atoms with Gasteiger partial charge in [-0.2, -0.15) is 0 Å². The van der Waals surface area contributed by atoms with Crippen LogP contribution >= 0.6 is 0 Å². The van der Waals surface area contributed by atoms with Crippen LogP contribution < -0.4 is 4.90 Å². The first-order valence-electron chi connectivity index (χ1n) is 21.3. The van der Waals surface area contributed by atoms with Gasteiger partial charge < -0.3 is 9.47 Å². The quantitative estimate of drug-likeness (QED) is 0.141. The Balaban J connectivity index is 0.973. The van der Waals surface area contributed by atoms with Crippen LogP contribution in [0.3, 0.4) is 0 Å². The van der Waals surface area contributed by atoms with Crippen LogP contribution in [-0.4, -0.2) is 4.57 Å². The third-order valence-electron chi connectivity index (χ3n) is 12.0. The second-order valence-electron chi connectivity index (χ2n) is 15.7. The zero-order valence-corrected chi connectivity index (χ0v) is 34.1. The van der Waals surface area contributed by atoms with Crippen LogP contribution in [0.5, 0.6) is 0 Å². The molecule has 0 fully saturated rings. The van der Waals surface area contributed by atoms with Gasteiger partial charge in [0.25, 0.3) is 0 Å². The Morgan fingerprint density at radius 2 is 0.613 bits per heavy atom. The van der Waals surface area contributed by atoms with Gasteiger partial charge >= 0.3 is 0 Å². The van der Waals surface area contributed by atoms with E-state index in [-0.39, 0.29) is 0 Å². The van der Waals surface area contributed by atoms with Gasteiger partial charge in [-0.1, -0.05) is 194 Å². The van der Waals surface area contributed by atoms with Crippen molar-refractivity contribution in [1.29, 1.82) is 0 Å². The summed E-state index contributed by atoms with van der Waals surface area (Å²) in [6.07, 6.45) is 0. The first-order valence-corrected chi connectivity index (χ1v) is 21.3. The Morgan fingerprint density at radius 3 is 1.15 bits per heavy atom. The lowest BCUT2D eigenvalue weighted by Crippen LogP contribution is -2.09. The number of anilines is 3. The molecule has 10 aromatic carbocycles. The topological polar surface area (TPSA) is 8.17 Å². The molecule has 0 spiro atoms. The summed E-state index contributed by atoms with van der Waals surface area (Å²) in [7, 11) is 0. The van der Waals surface area contributed by atoms with Gasteiger partial charge in [0, 0.05) is 33.5 Å². The third kappa shape index (κ3) is 6.84. The second-order valence-corrected chi connectivity index (χ2v) is 15.7. The van der Waals surface area contributed by atoms with Crippen molar-refractivity contribution in [3.8, 4) is 61.3 Å². The van der Waals surface area contributed by atoms with E-state index in [0.29, 0.717) is 0 Å². The maximum absolute atomic E-state index is 2.39. The number of para-hydroxylation sites is 2. The molecule has 0 N–H and O–H groups in total. The van der Waals surface area contributed by atoms with Crippen LogP contribution in [-0.2, 0) is 0 Å². The molecule has 292 valence electrons. The Morgan fingerprint density at radius 1 is 0.242 bits per heavy atom. The molecule has 11 aromatic rings. The average molecular weight is 791 g/mol. The molecule has 11 rings (SSSR count). The van der Waals surface area contributed by atoms with Crippen LogP contribution in [0.1, 0.15) is 0 Å². The first-order chi connectivity index (χ1) is 30.8. The molecule has 0 saturated heterocycles. The van der Waals surface area contributed by atoms with E-state index in [1.165, 1.54) is 77.4 Å². The van der Waals surface area contributed by atoms with E-state index < -0.39 is 0 Å². The first kappa shape index (κ1) is 36.8. The van der Waals surface area contributed by atoms with E-state index in [9.17, 15) is 0 Å². The summed E-state index contributed by atoms with van der Waals surface area (Å²) in [5.74, 6) is 0. The smallest absolute Gasteiger partial charge is 0.0547 e. The van der Waals surface area contributed by atoms with Gasteiger partial charge in [-0.15, -0.1) is 0 Å². The maximum atomic E-state index is 2.39. The predicted octanol–water partition coefficient (Wildman–Crippen LogP) is 16.6. The standard InChI is InChI=1S/C60H42N2/c1-4-15-43(16-5-1)45-27-29-46(30-28-45)48-33-39-52(40-34-48)61(51-37-31-47(32-38-51)44-17-6-2-7-18-44)53-41-35-49(36-42-53)54-21-10-11-22-55(54)56-24-14-26-59-60(56)57-23-12-13-25-58(57)62(59)50-19-8-3-9-20-50/h1-42H. The molecule has 0 aliphatic rings. The number of hydrogen-bond acceptors (Lipinski definition) is 1. The summed E-state index contributed by atoms with van der Waals surface area (Å²) in [6.45, 7) is 0. The zero-order valence-electron chi connectivity index (χ0n) is 34.1. The number of benzene rings is 10. The fraction of sp³-hybridized carbons (Fsp3) is 0. The van der Waals surface area contributed by atoms with Crippen LogP contribution in [0.2, 0.25) is 0 Å². The molecule has 0 unspecified atom stereocenters. The van der Waals surface area contributed by atoms with E-state index in [0.717, 1.165) is 22.7 Å². The Kier molecular flexibility index (Phi) is 9.57. The van der Waals surface area contributed by atoms with Crippen molar-refractivity contribution in [2.75, 3.05) is 4.90 Å². The minimum absolute atomic E-state index is 1.09. The van der Waals surface area contributed by atoms with Gasteiger partial charge in [-0.05, 0) is 116 Å². The van der Waals surface area contributed by atoms with Crippen molar-refractivity contribution >= 4 is 38.9 Å². The van der Waals surface area contributed by atoms with Crippen molar-refractivity contribution in [2.24, 2.45) is 0 Å². The van der Waals surface area contributed by atoms with Crippen molar-refractivity contribution in [3.05, 3.63) is 255 Å². The highest BCUT2D eigenvalue weighted by Crippen LogP contribution is 2.43. The van der Waals surface area contributed by atoms with Gasteiger partial charge in [0.2, 0.25) is 0 Å². The van der Waals surface area contributed by atoms with Gasteiger partial charge in [-0.3, -0.25) is 0 Å². The van der Waals surface area contributed by atoms with Crippen LogP contribution in [0, 0.1) is 0 Å². The van der Waals surface area contributed by atoms with Gasteiger partial charge in [0.1, 0.15) is 0 Å². The normalized spacial score (nSPS) is 11.2. The molecule has 62 heavy (non-hydrogen) atoms. The monoisotopic (exact) mass is 790 g/mol. The van der Waals surface area contributed by atoms with Crippen molar-refractivity contribution in [3.63, 3.8) is 0 Å². The molecule has 0 aliphatic carbocycles. The molecule has 0 radical (unpaired) electrons. The van der Waals surface area contributed by atoms with E-state index >= 15 is 0 Å². The molecule has 2 nitrogen and oxygen atoms in total. The minimum atomic E-state index is 1.09. The molecule has 1 aromatic heterocycles. The lowest BCUT2D eigenvalue weighted by atomic mass is 9.92. The van der Waals surface area contributed by atoms with Crippen LogP contribution in [0.4, 0.5) is 17.1 Å². The predicted molar refractivity (Wildman–Crippen MR) is 263 cm³/mol. The summed E-state index contributed by atoms with van der Waals surface area (Å²) >= 11 is 0. The number of hydrogen-bond donors (Lipinski definition) is 0. The van der Waals surface area contributed by atoms with Crippen molar-refractivity contribution in [1.82, 2.24) is 4.57 Å². The lowest BCUT2D eigenvalue weighted by molar-refractivity contribution is 1.18. The average Bonchev–Trinajstić information content (AvgIpc) is 3.70. The van der Waals surface area contributed by atoms with Crippen molar-refractivity contribution < 1.29 is 0 Å². The highest BCUT2D eigenvalue weighted by atomic mass is 15.1. The van der Waals surface area contributed by atoms with Gasteiger partial charge in [0.15, 0.2) is 0 Å². The maximum Gasteiger partial charge on any atom is 0.0547 e. The third-order valence-corrected chi connectivity index (χ3v) is 12.0. The number of rotatable bonds is 9. The fourth-order valence-corrected chi connectivity index (χ4v) is 9.03. The number of aromatic nitrogens is 1. The summed E-state index contributed by atoms with van der Waals surface area (Å²) < 4.78 is 2.39. The van der Waals surface area contributed by atoms with Crippen LogP contribution in [0.25, 0.3) is 83.1 Å². The molecule has 0 bridgehead atoms. The van der Waals surface area contributed by atoms with Gasteiger partial charge in [0.05, 0.1) is 11.0 Å². The molecule has 0 amide bonds. The van der Waals surface area contributed by atoms with Crippen molar-refractivity contribution in [2.45, 2.75) is 0 Å². The van der Waals surface area contributed by atoms with Crippen LogP contribution in [0.15, 0.2) is 255 Å². The highest BCUT2D eigenvalue weighted by Gasteiger charge is 2.19. The SMILES string of the molecule is c1ccc(-c2ccc(-c3ccc(N(c4ccc(-c5ccccc5)cc4)c4ccc(-c5ccccc5-c5cccc6c5c5ccccc5n6-c5ccccc5)cc4)cc3)cc2)cc1. The second kappa shape index (κ2) is 16.1. The minimum Gasteiger partial charge on any atom is -0.311 e. The molecule has 0 saturated carbocycles. The van der Waals surface area contributed by atoms with Gasteiger partial charge in [-0.25, -0.2) is 0 Å². The Bertz CT molecular complexity index is 3280. The molecular formula is C60H42N2. The zero-order chi connectivity index (χ0) is 41.2. The molecule has 0 atom stereocenters. The molecule has 2 heteroatoms. The summed E-state index contributed by atoms with van der Waals surface area (Å²) in [5, 5.41) is 2.51. The largest absolute Gasteiger partial charge is 0.311 e. The molecule has 0 aliphatic heterocycles.